The van der Waals surface area contributed by atoms with Crippen molar-refractivity contribution in [1.29, 1.82) is 0 Å². The number of nitrogens with zero attached hydrogens (tertiary/aromatic N) is 2. The third kappa shape index (κ3) is 4.71. The smallest absolute Gasteiger partial charge is 0.548 e. The van der Waals surface area contributed by atoms with E-state index in [9.17, 15) is 29.4 Å². The number of aromatic hydroxyl groups is 1. The van der Waals surface area contributed by atoms with Gasteiger partial charge in [0.2, 0.25) is 0 Å². The summed E-state index contributed by atoms with van der Waals surface area (Å²) >= 11 is 0. The molecule has 1 fully saturated rings. The van der Waals surface area contributed by atoms with Gasteiger partial charge in [0.25, 0.3) is 0 Å². The number of carbonyl (C=O) groups is 4. The average molecular weight is 357 g/mol. The number of hydrogen-bond acceptors (Lipinski definition) is 6. The van der Waals surface area contributed by atoms with Crippen molar-refractivity contribution in [2.24, 2.45) is 0 Å². The zero-order valence-electron chi connectivity index (χ0n) is 13.9. The van der Waals surface area contributed by atoms with E-state index in [0.29, 0.717) is 11.4 Å². The first-order valence-electron chi connectivity index (χ1n) is 7.26. The van der Waals surface area contributed by atoms with Gasteiger partial charge in [-0.25, -0.2) is 4.79 Å². The van der Waals surface area contributed by atoms with Gasteiger partial charge < -0.3 is 25.2 Å². The van der Waals surface area contributed by atoms with E-state index < -0.39 is 29.9 Å². The largest absolute Gasteiger partial charge is 1.00 e. The number of urea groups is 1. The van der Waals surface area contributed by atoms with Crippen LogP contribution in [0.4, 0.5) is 4.79 Å². The summed E-state index contributed by atoms with van der Waals surface area (Å²) in [7, 11) is 0. The van der Waals surface area contributed by atoms with Crippen LogP contribution in [0.25, 0.3) is 0 Å². The number of phenolic OH excluding ortho intramolecular Hbond substituents is 1. The standard InChI is InChI=1S/C15H17N3O6.Na/c1-2-17-7-8-18(13(21)12(17)20)15(24)16-11(14(22)23)9-3-5-10(19)6-4-9;/h3-6,11,19H,2,7-8H2,1H3,(H,16,24)(H,22,23);/q;+1/p-1/t11-;/m1./s1. The van der Waals surface area contributed by atoms with Crippen LogP contribution >= 0.6 is 0 Å². The molecule has 9 nitrogen and oxygen atoms in total. The van der Waals surface area contributed by atoms with Crippen LogP contribution in [0.3, 0.4) is 0 Å². The molecule has 25 heavy (non-hydrogen) atoms. The number of carbonyl (C=O) groups excluding carboxylic acids is 4. The first-order valence-corrected chi connectivity index (χ1v) is 7.26. The third-order valence-electron chi connectivity index (χ3n) is 3.67. The first kappa shape index (κ1) is 20.9. The van der Waals surface area contributed by atoms with Crippen molar-refractivity contribution >= 4 is 23.8 Å². The molecular formula is C15H16N3NaO6. The molecule has 1 saturated heterocycles. The predicted molar refractivity (Wildman–Crippen MR) is 78.4 cm³/mol. The summed E-state index contributed by atoms with van der Waals surface area (Å²) in [5.74, 6) is -3.48. The predicted octanol–water partition coefficient (Wildman–Crippen LogP) is -4.41. The Balaban J connectivity index is 0.00000312. The number of imide groups is 1. The Morgan fingerprint density at radius 3 is 2.32 bits per heavy atom. The second kappa shape index (κ2) is 8.84. The second-order valence-corrected chi connectivity index (χ2v) is 5.13. The summed E-state index contributed by atoms with van der Waals surface area (Å²) in [5, 5.41) is 22.7. The van der Waals surface area contributed by atoms with Gasteiger partial charge in [-0.05, 0) is 24.6 Å². The monoisotopic (exact) mass is 357 g/mol. The molecule has 0 radical (unpaired) electrons. The van der Waals surface area contributed by atoms with Crippen LogP contribution in [0.5, 0.6) is 5.75 Å². The van der Waals surface area contributed by atoms with Gasteiger partial charge in [-0.3, -0.25) is 14.5 Å². The van der Waals surface area contributed by atoms with E-state index in [2.05, 4.69) is 5.32 Å². The zero-order chi connectivity index (χ0) is 17.9. The van der Waals surface area contributed by atoms with Crippen LogP contribution in [0.2, 0.25) is 0 Å². The molecule has 1 atom stereocenters. The average Bonchev–Trinajstić information content (AvgIpc) is 2.55. The molecule has 0 aliphatic carbocycles. The molecule has 1 aliphatic rings. The molecule has 2 N–H and O–H groups in total. The fraction of sp³-hybridized carbons (Fsp3) is 0.333. The van der Waals surface area contributed by atoms with Crippen molar-refractivity contribution in [1.82, 2.24) is 15.1 Å². The number of piperazine rings is 1. The number of hydrogen-bond donors (Lipinski definition) is 2. The Hall–Kier alpha value is -2.10. The summed E-state index contributed by atoms with van der Waals surface area (Å²) in [6.45, 7) is 2.20. The normalized spacial score (nSPS) is 15.4. The summed E-state index contributed by atoms with van der Waals surface area (Å²) in [6.07, 6.45) is 0. The summed E-state index contributed by atoms with van der Waals surface area (Å²) in [6, 6.07) is 2.60. The van der Waals surface area contributed by atoms with E-state index >= 15 is 0 Å². The Labute approximate surface area is 165 Å². The van der Waals surface area contributed by atoms with Crippen molar-refractivity contribution in [2.45, 2.75) is 13.0 Å². The van der Waals surface area contributed by atoms with Gasteiger partial charge in [0.05, 0.1) is 12.0 Å². The minimum absolute atomic E-state index is 0. The van der Waals surface area contributed by atoms with Crippen LogP contribution in [0.15, 0.2) is 24.3 Å². The number of benzene rings is 1. The maximum Gasteiger partial charge on any atom is 1.00 e. The van der Waals surface area contributed by atoms with Gasteiger partial charge in [-0.2, -0.15) is 0 Å². The number of carboxylic acids is 1. The molecule has 1 aliphatic heterocycles. The Kier molecular flexibility index (Phi) is 7.40. The Morgan fingerprint density at radius 2 is 1.80 bits per heavy atom. The van der Waals surface area contributed by atoms with E-state index in [1.807, 2.05) is 0 Å². The minimum Gasteiger partial charge on any atom is -0.548 e. The van der Waals surface area contributed by atoms with Crippen molar-refractivity contribution < 1.29 is 58.9 Å². The van der Waals surface area contributed by atoms with E-state index in [0.717, 1.165) is 0 Å². The van der Waals surface area contributed by atoms with Gasteiger partial charge in [0, 0.05) is 19.6 Å². The molecule has 128 valence electrons. The zero-order valence-corrected chi connectivity index (χ0v) is 15.9. The number of likely N-dealkylation sites (N-methyl/N-ethyl adjacent to an activating group) is 1. The first-order chi connectivity index (χ1) is 11.3. The SMILES string of the molecule is CCN1CCN(C(=O)N[C@@H](C(=O)[O-])c2ccc(O)cc2)C(=O)C1=O.[Na+]. The van der Waals surface area contributed by atoms with Crippen molar-refractivity contribution in [3.63, 3.8) is 0 Å². The molecule has 4 amide bonds. The molecule has 0 unspecified atom stereocenters. The topological polar surface area (TPSA) is 130 Å². The molecular weight excluding hydrogens is 341 g/mol. The molecule has 0 bridgehead atoms. The number of carboxylic acid groups (broad SMARTS) is 1. The van der Waals surface area contributed by atoms with Gasteiger partial charge in [-0.15, -0.1) is 0 Å². The number of aliphatic carboxylic acids is 1. The molecule has 2 rings (SSSR count). The van der Waals surface area contributed by atoms with E-state index in [1.165, 1.54) is 29.2 Å². The molecule has 1 aromatic rings. The number of nitrogens with one attached hydrogen (secondary N) is 1. The van der Waals surface area contributed by atoms with Gasteiger partial charge in [0.1, 0.15) is 5.75 Å². The molecule has 10 heteroatoms. The summed E-state index contributed by atoms with van der Waals surface area (Å²) in [4.78, 5) is 49.2. The van der Waals surface area contributed by atoms with Crippen LogP contribution in [0.1, 0.15) is 18.5 Å². The molecule has 1 heterocycles. The Morgan fingerprint density at radius 1 is 1.20 bits per heavy atom. The molecule has 0 spiro atoms. The van der Waals surface area contributed by atoms with Crippen LogP contribution in [0, 0.1) is 0 Å². The summed E-state index contributed by atoms with van der Waals surface area (Å²) < 4.78 is 0. The van der Waals surface area contributed by atoms with Crippen LogP contribution in [-0.4, -0.2) is 58.4 Å². The fourth-order valence-electron chi connectivity index (χ4n) is 2.32. The Bertz CT molecular complexity index is 678. The number of phenols is 1. The third-order valence-corrected chi connectivity index (χ3v) is 3.67. The molecule has 0 saturated carbocycles. The van der Waals surface area contributed by atoms with Gasteiger partial charge >= 0.3 is 47.4 Å². The van der Waals surface area contributed by atoms with Crippen molar-refractivity contribution in [2.75, 3.05) is 19.6 Å². The maximum absolute atomic E-state index is 12.2. The fourth-order valence-corrected chi connectivity index (χ4v) is 2.32. The van der Waals surface area contributed by atoms with Crippen LogP contribution < -0.4 is 40.0 Å². The molecule has 0 aromatic heterocycles. The van der Waals surface area contributed by atoms with E-state index in [1.54, 1.807) is 6.92 Å². The van der Waals surface area contributed by atoms with Crippen LogP contribution in [-0.2, 0) is 14.4 Å². The maximum atomic E-state index is 12.2. The number of rotatable bonds is 4. The quantitative estimate of drug-likeness (QED) is 0.413. The van der Waals surface area contributed by atoms with Crippen molar-refractivity contribution in [3.8, 4) is 5.75 Å². The van der Waals surface area contributed by atoms with E-state index in [-0.39, 0.29) is 54.0 Å². The van der Waals surface area contributed by atoms with Crippen molar-refractivity contribution in [3.05, 3.63) is 29.8 Å². The molecule has 1 aromatic carbocycles. The number of amides is 4. The van der Waals surface area contributed by atoms with Gasteiger partial charge in [-0.1, -0.05) is 12.1 Å². The minimum atomic E-state index is -1.58. The summed E-state index contributed by atoms with van der Waals surface area (Å²) in [5.41, 5.74) is 0.159. The van der Waals surface area contributed by atoms with Gasteiger partial charge in [0.15, 0.2) is 0 Å². The second-order valence-electron chi connectivity index (χ2n) is 5.13. The van der Waals surface area contributed by atoms with E-state index in [4.69, 9.17) is 0 Å².